The van der Waals surface area contributed by atoms with Crippen molar-refractivity contribution in [2.24, 2.45) is 5.92 Å². The van der Waals surface area contributed by atoms with Gasteiger partial charge in [0.2, 0.25) is 0 Å². The van der Waals surface area contributed by atoms with Crippen LogP contribution in [0, 0.1) is 11.7 Å². The van der Waals surface area contributed by atoms with Gasteiger partial charge in [-0.1, -0.05) is 23.7 Å². The zero-order valence-corrected chi connectivity index (χ0v) is 15.0. The van der Waals surface area contributed by atoms with Crippen LogP contribution in [-0.2, 0) is 6.54 Å². The number of imidazole rings is 1. The van der Waals surface area contributed by atoms with E-state index in [4.69, 9.17) is 11.6 Å². The second-order valence-electron chi connectivity index (χ2n) is 6.79. The van der Waals surface area contributed by atoms with Gasteiger partial charge in [0.05, 0.1) is 17.6 Å². The fourth-order valence-electron chi connectivity index (χ4n) is 3.61. The average molecular weight is 372 g/mol. The van der Waals surface area contributed by atoms with Crippen LogP contribution in [0.4, 0.5) is 4.39 Å². The second-order valence-corrected chi connectivity index (χ2v) is 7.23. The van der Waals surface area contributed by atoms with Crippen molar-refractivity contribution < 1.29 is 9.18 Å². The second kappa shape index (κ2) is 7.17. The van der Waals surface area contributed by atoms with Crippen molar-refractivity contribution in [1.82, 2.24) is 14.9 Å². The lowest BCUT2D eigenvalue weighted by Gasteiger charge is -2.31. The van der Waals surface area contributed by atoms with Crippen molar-refractivity contribution in [3.8, 4) is 0 Å². The monoisotopic (exact) mass is 371 g/mol. The number of nitrogens with zero attached hydrogens (tertiary/aromatic N) is 2. The predicted octanol–water partition coefficient (Wildman–Crippen LogP) is 4.45. The molecule has 3 aromatic rings. The summed E-state index contributed by atoms with van der Waals surface area (Å²) >= 11 is 6.01. The quantitative estimate of drug-likeness (QED) is 0.689. The molecule has 1 atom stereocenters. The third-order valence-corrected chi connectivity index (χ3v) is 5.09. The number of nitrogens with one attached hydrogen (secondary N) is 1. The van der Waals surface area contributed by atoms with Gasteiger partial charge in [-0.05, 0) is 49.7 Å². The first-order valence-electron chi connectivity index (χ1n) is 8.75. The fraction of sp³-hybridized carbons (Fsp3) is 0.300. The summed E-state index contributed by atoms with van der Waals surface area (Å²) in [7, 11) is 0. The van der Waals surface area contributed by atoms with Crippen molar-refractivity contribution in [1.29, 1.82) is 0 Å². The maximum Gasteiger partial charge on any atom is 0.167 e. The molecule has 0 unspecified atom stereocenters. The first kappa shape index (κ1) is 17.2. The summed E-state index contributed by atoms with van der Waals surface area (Å²) in [5.74, 6) is 0.618. The Labute approximate surface area is 156 Å². The molecule has 26 heavy (non-hydrogen) atoms. The molecule has 0 saturated carbocycles. The number of fused-ring (bicyclic) bond motifs is 1. The van der Waals surface area contributed by atoms with Crippen molar-refractivity contribution in [3.63, 3.8) is 0 Å². The maximum atomic E-state index is 13.3. The molecule has 1 saturated heterocycles. The Morgan fingerprint density at radius 1 is 1.31 bits per heavy atom. The fourth-order valence-corrected chi connectivity index (χ4v) is 3.80. The summed E-state index contributed by atoms with van der Waals surface area (Å²) in [6, 6.07) is 11.7. The maximum absolute atomic E-state index is 13.3. The zero-order valence-electron chi connectivity index (χ0n) is 14.2. The molecule has 4 rings (SSSR count). The van der Waals surface area contributed by atoms with E-state index in [0.717, 1.165) is 30.7 Å². The molecule has 134 valence electrons. The minimum absolute atomic E-state index is 0.0379. The highest BCUT2D eigenvalue weighted by molar-refractivity contribution is 6.31. The Balaban J connectivity index is 1.46. The smallest absolute Gasteiger partial charge is 0.167 e. The van der Waals surface area contributed by atoms with E-state index in [9.17, 15) is 9.18 Å². The van der Waals surface area contributed by atoms with Crippen LogP contribution in [-0.4, -0.2) is 33.7 Å². The highest BCUT2D eigenvalue weighted by Crippen LogP contribution is 2.24. The number of benzene rings is 2. The zero-order chi connectivity index (χ0) is 18.1. The molecule has 2 heterocycles. The highest BCUT2D eigenvalue weighted by Gasteiger charge is 2.27. The average Bonchev–Trinajstić information content (AvgIpc) is 3.02. The molecule has 1 aromatic heterocycles. The number of halogens is 2. The van der Waals surface area contributed by atoms with Crippen molar-refractivity contribution in [3.05, 3.63) is 64.7 Å². The molecular formula is C20H19ClFN3O. The molecular weight excluding hydrogens is 353 g/mol. The van der Waals surface area contributed by atoms with Gasteiger partial charge in [-0.15, -0.1) is 0 Å². The first-order chi connectivity index (χ1) is 12.6. The molecule has 4 nitrogen and oxygen atoms in total. The van der Waals surface area contributed by atoms with E-state index in [1.807, 2.05) is 12.1 Å². The van der Waals surface area contributed by atoms with Crippen LogP contribution in [0.15, 0.2) is 42.5 Å². The number of Topliss-reactive ketones (excluding diaryl/α,β-unsaturated/α-hetero) is 1. The lowest BCUT2D eigenvalue weighted by molar-refractivity contribution is 0.0809. The summed E-state index contributed by atoms with van der Waals surface area (Å²) in [6.45, 7) is 2.23. The van der Waals surface area contributed by atoms with E-state index in [2.05, 4.69) is 14.9 Å². The Bertz CT molecular complexity index is 955. The number of hydrogen-bond donors (Lipinski definition) is 1. The molecule has 0 amide bonds. The molecule has 0 bridgehead atoms. The Hall–Kier alpha value is -2.24. The summed E-state index contributed by atoms with van der Waals surface area (Å²) in [5, 5.41) is 0.582. The van der Waals surface area contributed by atoms with Gasteiger partial charge in [-0.25, -0.2) is 9.37 Å². The standard InChI is InChI=1S/C20H19ClFN3O/c21-15-5-1-3-13(9-15)20(26)14-4-2-8-25(11-14)12-19-23-17-7-6-16(22)10-18(17)24-19/h1,3,5-7,9-10,14H,2,4,8,11-12H2,(H,23,24)/t14-/m1/s1. The van der Waals surface area contributed by atoms with Crippen LogP contribution < -0.4 is 0 Å². The number of rotatable bonds is 4. The van der Waals surface area contributed by atoms with Crippen molar-refractivity contribution >= 4 is 28.4 Å². The molecule has 1 aliphatic rings. The Morgan fingerprint density at radius 3 is 3.04 bits per heavy atom. The Morgan fingerprint density at radius 2 is 2.19 bits per heavy atom. The van der Waals surface area contributed by atoms with Gasteiger partial charge < -0.3 is 4.98 Å². The molecule has 1 aliphatic heterocycles. The molecule has 1 fully saturated rings. The van der Waals surface area contributed by atoms with E-state index in [-0.39, 0.29) is 17.5 Å². The number of aromatic amines is 1. The van der Waals surface area contributed by atoms with E-state index >= 15 is 0 Å². The number of hydrogen-bond acceptors (Lipinski definition) is 3. The van der Waals surface area contributed by atoms with E-state index in [0.29, 0.717) is 29.2 Å². The van der Waals surface area contributed by atoms with Gasteiger partial charge in [0.25, 0.3) is 0 Å². The minimum Gasteiger partial charge on any atom is -0.341 e. The molecule has 1 N–H and O–H groups in total. The summed E-state index contributed by atoms with van der Waals surface area (Å²) in [5.41, 5.74) is 2.12. The van der Waals surface area contributed by atoms with Gasteiger partial charge >= 0.3 is 0 Å². The topological polar surface area (TPSA) is 49.0 Å². The number of carbonyl (C=O) groups is 1. The number of carbonyl (C=O) groups excluding carboxylic acids is 1. The summed E-state index contributed by atoms with van der Waals surface area (Å²) in [4.78, 5) is 22.7. The predicted molar refractivity (Wildman–Crippen MR) is 99.8 cm³/mol. The van der Waals surface area contributed by atoms with Crippen molar-refractivity contribution in [2.45, 2.75) is 19.4 Å². The number of piperidine rings is 1. The van der Waals surface area contributed by atoms with Gasteiger partial charge in [-0.3, -0.25) is 9.69 Å². The van der Waals surface area contributed by atoms with Crippen LogP contribution in [0.3, 0.4) is 0 Å². The van der Waals surface area contributed by atoms with Crippen molar-refractivity contribution in [2.75, 3.05) is 13.1 Å². The van der Waals surface area contributed by atoms with E-state index in [1.54, 1.807) is 18.2 Å². The summed E-state index contributed by atoms with van der Waals surface area (Å²) in [6.07, 6.45) is 1.85. The van der Waals surface area contributed by atoms with Gasteiger partial charge in [0.1, 0.15) is 11.6 Å². The van der Waals surface area contributed by atoms with Gasteiger partial charge in [0.15, 0.2) is 5.78 Å². The SMILES string of the molecule is O=C(c1cccc(Cl)c1)[C@@H]1CCCN(Cc2nc3ccc(F)cc3[nH]2)C1. The third-order valence-electron chi connectivity index (χ3n) is 4.85. The largest absolute Gasteiger partial charge is 0.341 e. The van der Waals surface area contributed by atoms with Gasteiger partial charge in [0, 0.05) is 23.0 Å². The molecule has 6 heteroatoms. The molecule has 0 aliphatic carbocycles. The van der Waals surface area contributed by atoms with Crippen LogP contribution in [0.1, 0.15) is 29.0 Å². The van der Waals surface area contributed by atoms with E-state index < -0.39 is 0 Å². The number of H-pyrrole nitrogens is 1. The Kier molecular flexibility index (Phi) is 4.74. The summed E-state index contributed by atoms with van der Waals surface area (Å²) < 4.78 is 13.3. The van der Waals surface area contributed by atoms with Gasteiger partial charge in [-0.2, -0.15) is 0 Å². The normalized spacial score (nSPS) is 18.3. The number of aromatic nitrogens is 2. The lowest BCUT2D eigenvalue weighted by Crippen LogP contribution is -2.38. The molecule has 2 aromatic carbocycles. The minimum atomic E-state index is -0.280. The van der Waals surface area contributed by atoms with Crippen LogP contribution in [0.25, 0.3) is 11.0 Å². The van der Waals surface area contributed by atoms with Crippen LogP contribution in [0.2, 0.25) is 5.02 Å². The molecule has 0 spiro atoms. The molecule has 0 radical (unpaired) electrons. The van der Waals surface area contributed by atoms with Crippen LogP contribution >= 0.6 is 11.6 Å². The third kappa shape index (κ3) is 3.64. The van der Waals surface area contributed by atoms with Crippen LogP contribution in [0.5, 0.6) is 0 Å². The lowest BCUT2D eigenvalue weighted by atomic mass is 9.90. The number of likely N-dealkylation sites (tertiary alicyclic amines) is 1. The number of ketones is 1. The first-order valence-corrected chi connectivity index (χ1v) is 9.12. The highest BCUT2D eigenvalue weighted by atomic mass is 35.5. The van der Waals surface area contributed by atoms with E-state index in [1.165, 1.54) is 12.1 Å².